The highest BCUT2D eigenvalue weighted by Gasteiger charge is 2.29. The molecular formula is C15H17ClN4O. The maximum Gasteiger partial charge on any atom is 0.254 e. The highest BCUT2D eigenvalue weighted by molar-refractivity contribution is 6.31. The van der Waals surface area contributed by atoms with Gasteiger partial charge in [-0.05, 0) is 24.1 Å². The number of aryl methyl sites for hydroxylation is 2. The molecule has 2 heterocycles. The van der Waals surface area contributed by atoms with Crippen molar-refractivity contribution in [3.63, 3.8) is 0 Å². The van der Waals surface area contributed by atoms with Gasteiger partial charge in [-0.2, -0.15) is 5.10 Å². The van der Waals surface area contributed by atoms with E-state index < -0.39 is 0 Å². The molecule has 0 atom stereocenters. The van der Waals surface area contributed by atoms with Crippen LogP contribution in [-0.4, -0.2) is 20.6 Å². The van der Waals surface area contributed by atoms with Crippen molar-refractivity contribution in [1.29, 1.82) is 0 Å². The van der Waals surface area contributed by atoms with E-state index in [1.54, 1.807) is 15.6 Å². The van der Waals surface area contributed by atoms with Crippen LogP contribution in [0.3, 0.4) is 0 Å². The van der Waals surface area contributed by atoms with Gasteiger partial charge < -0.3 is 10.6 Å². The number of hydrogen-bond donors (Lipinski definition) is 1. The molecule has 21 heavy (non-hydrogen) atoms. The molecule has 1 aliphatic rings. The van der Waals surface area contributed by atoms with Crippen LogP contribution in [-0.2, 0) is 26.6 Å². The zero-order chi connectivity index (χ0) is 15.1. The number of rotatable bonds is 3. The van der Waals surface area contributed by atoms with E-state index in [9.17, 15) is 4.79 Å². The summed E-state index contributed by atoms with van der Waals surface area (Å²) in [5.41, 5.74) is 9.78. The van der Waals surface area contributed by atoms with E-state index in [1.807, 2.05) is 26.1 Å². The van der Waals surface area contributed by atoms with Gasteiger partial charge in [0.1, 0.15) is 0 Å². The number of benzene rings is 1. The molecular weight excluding hydrogens is 288 g/mol. The number of amides is 1. The molecule has 2 aromatic rings. The number of nitrogens with two attached hydrogens (primary N) is 1. The first-order valence-electron chi connectivity index (χ1n) is 6.89. The molecule has 3 rings (SSSR count). The second-order valence-electron chi connectivity index (χ2n) is 5.26. The lowest BCUT2D eigenvalue weighted by Crippen LogP contribution is -2.24. The molecule has 0 spiro atoms. The summed E-state index contributed by atoms with van der Waals surface area (Å²) in [5, 5.41) is 5.04. The highest BCUT2D eigenvalue weighted by atomic mass is 35.5. The van der Waals surface area contributed by atoms with Gasteiger partial charge in [-0.3, -0.25) is 9.48 Å². The lowest BCUT2D eigenvalue weighted by molar-refractivity contribution is 0.0763. The van der Waals surface area contributed by atoms with Crippen molar-refractivity contribution in [2.24, 2.45) is 7.05 Å². The first-order valence-corrected chi connectivity index (χ1v) is 7.27. The zero-order valence-corrected chi connectivity index (χ0v) is 12.8. The largest absolute Gasteiger partial charge is 0.399 e. The van der Waals surface area contributed by atoms with E-state index in [1.165, 1.54) is 0 Å². The van der Waals surface area contributed by atoms with Crippen LogP contribution in [0.1, 0.15) is 34.2 Å². The number of anilines is 1. The summed E-state index contributed by atoms with van der Waals surface area (Å²) in [7, 11) is 1.85. The molecule has 1 amide bonds. The molecule has 0 saturated carbocycles. The maximum atomic E-state index is 12.4. The molecule has 0 unspecified atom stereocenters. The van der Waals surface area contributed by atoms with Crippen molar-refractivity contribution in [2.75, 3.05) is 5.73 Å². The van der Waals surface area contributed by atoms with Gasteiger partial charge in [0.15, 0.2) is 0 Å². The van der Waals surface area contributed by atoms with Crippen molar-refractivity contribution in [2.45, 2.75) is 26.4 Å². The predicted molar refractivity (Wildman–Crippen MR) is 82.0 cm³/mol. The van der Waals surface area contributed by atoms with Crippen LogP contribution in [0.25, 0.3) is 0 Å². The summed E-state index contributed by atoms with van der Waals surface area (Å²) in [4.78, 5) is 14.2. The second kappa shape index (κ2) is 5.07. The molecule has 1 aliphatic heterocycles. The van der Waals surface area contributed by atoms with Crippen LogP contribution in [0, 0.1) is 0 Å². The number of nitrogens with zero attached hydrogens (tertiary/aromatic N) is 3. The molecule has 2 N–H and O–H groups in total. The fourth-order valence-corrected chi connectivity index (χ4v) is 3.03. The summed E-state index contributed by atoms with van der Waals surface area (Å²) in [6.07, 6.45) is 0.775. The van der Waals surface area contributed by atoms with Gasteiger partial charge >= 0.3 is 0 Å². The average Bonchev–Trinajstić information content (AvgIpc) is 2.91. The first kappa shape index (κ1) is 13.9. The second-order valence-corrected chi connectivity index (χ2v) is 5.64. The summed E-state index contributed by atoms with van der Waals surface area (Å²) in [5.74, 6) is -0.00684. The topological polar surface area (TPSA) is 64.2 Å². The van der Waals surface area contributed by atoms with E-state index >= 15 is 0 Å². The third kappa shape index (κ3) is 2.27. The quantitative estimate of drug-likeness (QED) is 0.885. The number of aromatic nitrogens is 2. The Kier molecular flexibility index (Phi) is 3.37. The minimum Gasteiger partial charge on any atom is -0.399 e. The number of fused-ring (bicyclic) bond motifs is 1. The summed E-state index contributed by atoms with van der Waals surface area (Å²) >= 11 is 6.35. The molecule has 0 saturated heterocycles. The van der Waals surface area contributed by atoms with Gasteiger partial charge in [0.25, 0.3) is 5.91 Å². The van der Waals surface area contributed by atoms with Crippen molar-refractivity contribution in [3.05, 3.63) is 45.7 Å². The van der Waals surface area contributed by atoms with Crippen molar-refractivity contribution in [3.8, 4) is 0 Å². The lowest BCUT2D eigenvalue weighted by atomic mass is 10.1. The number of carbonyl (C=O) groups is 1. The van der Waals surface area contributed by atoms with Crippen molar-refractivity contribution >= 4 is 23.2 Å². The minimum absolute atomic E-state index is 0.00684. The summed E-state index contributed by atoms with van der Waals surface area (Å²) in [6, 6.07) is 5.47. The Morgan fingerprint density at radius 1 is 1.43 bits per heavy atom. The average molecular weight is 305 g/mol. The van der Waals surface area contributed by atoms with E-state index in [-0.39, 0.29) is 5.91 Å². The number of hydrogen-bond acceptors (Lipinski definition) is 3. The Morgan fingerprint density at radius 3 is 2.86 bits per heavy atom. The van der Waals surface area contributed by atoms with Gasteiger partial charge in [0.05, 0.1) is 23.0 Å². The van der Waals surface area contributed by atoms with Crippen LogP contribution in [0.15, 0.2) is 18.2 Å². The molecule has 1 aromatic carbocycles. The van der Waals surface area contributed by atoms with Gasteiger partial charge in [-0.15, -0.1) is 0 Å². The van der Waals surface area contributed by atoms with Crippen molar-refractivity contribution < 1.29 is 4.79 Å². The number of carbonyl (C=O) groups excluding carboxylic acids is 1. The van der Waals surface area contributed by atoms with E-state index in [0.717, 1.165) is 23.4 Å². The molecule has 0 fully saturated rings. The Labute approximate surface area is 128 Å². The van der Waals surface area contributed by atoms with Crippen LogP contribution >= 0.6 is 11.6 Å². The fourth-order valence-electron chi connectivity index (χ4n) is 2.68. The van der Waals surface area contributed by atoms with Gasteiger partial charge in [0, 0.05) is 24.8 Å². The molecule has 0 bridgehead atoms. The SMILES string of the molecule is CCc1nn(C)c(CN2Cc3ccc(N)cc3C2=O)c1Cl. The van der Waals surface area contributed by atoms with Crippen LogP contribution in [0.2, 0.25) is 5.02 Å². The first-order chi connectivity index (χ1) is 10.0. The zero-order valence-electron chi connectivity index (χ0n) is 12.1. The smallest absolute Gasteiger partial charge is 0.254 e. The lowest BCUT2D eigenvalue weighted by Gasteiger charge is -2.15. The van der Waals surface area contributed by atoms with Gasteiger partial charge in [0.2, 0.25) is 0 Å². The van der Waals surface area contributed by atoms with Crippen molar-refractivity contribution in [1.82, 2.24) is 14.7 Å². The third-order valence-electron chi connectivity index (χ3n) is 3.86. The fraction of sp³-hybridized carbons (Fsp3) is 0.333. The highest BCUT2D eigenvalue weighted by Crippen LogP contribution is 2.28. The maximum absolute atomic E-state index is 12.4. The predicted octanol–water partition coefficient (Wildman–Crippen LogP) is 2.37. The monoisotopic (exact) mass is 304 g/mol. The molecule has 5 nitrogen and oxygen atoms in total. The van der Waals surface area contributed by atoms with E-state index in [0.29, 0.717) is 29.4 Å². The Balaban J connectivity index is 1.88. The van der Waals surface area contributed by atoms with E-state index in [4.69, 9.17) is 17.3 Å². The molecule has 1 aromatic heterocycles. The summed E-state index contributed by atoms with van der Waals surface area (Å²) in [6.45, 7) is 3.05. The Morgan fingerprint density at radius 2 is 2.19 bits per heavy atom. The standard InChI is InChI=1S/C15H17ClN4O/c1-3-12-14(16)13(19(2)18-12)8-20-7-9-4-5-10(17)6-11(9)15(20)21/h4-6H,3,7-8,17H2,1-2H3. The third-order valence-corrected chi connectivity index (χ3v) is 4.29. The molecule has 0 radical (unpaired) electrons. The molecule has 0 aliphatic carbocycles. The van der Waals surface area contributed by atoms with Crippen LogP contribution in [0.5, 0.6) is 0 Å². The van der Waals surface area contributed by atoms with Crippen LogP contribution < -0.4 is 5.73 Å². The summed E-state index contributed by atoms with van der Waals surface area (Å²) < 4.78 is 1.76. The van der Waals surface area contributed by atoms with Gasteiger partial charge in [-0.1, -0.05) is 24.6 Å². The minimum atomic E-state index is -0.00684. The van der Waals surface area contributed by atoms with Crippen LogP contribution in [0.4, 0.5) is 5.69 Å². The Bertz CT molecular complexity index is 723. The van der Waals surface area contributed by atoms with Gasteiger partial charge in [-0.25, -0.2) is 0 Å². The number of nitrogen functional groups attached to an aromatic ring is 1. The molecule has 110 valence electrons. The van der Waals surface area contributed by atoms with E-state index in [2.05, 4.69) is 5.10 Å². The number of halogens is 1. The Hall–Kier alpha value is -2.01. The normalized spacial score (nSPS) is 13.9. The molecule has 6 heteroatoms.